The number of aliphatic hydroxyl groups excluding tert-OH is 1. The molecule has 0 bridgehead atoms. The first kappa shape index (κ1) is 13.6. The zero-order chi connectivity index (χ0) is 13.0. The average Bonchev–Trinajstić information content (AvgIpc) is 2.41. The van der Waals surface area contributed by atoms with Crippen molar-refractivity contribution >= 4 is 0 Å². The van der Waals surface area contributed by atoms with E-state index in [0.29, 0.717) is 5.92 Å². The van der Waals surface area contributed by atoms with Gasteiger partial charge < -0.3 is 5.11 Å². The first-order valence-corrected chi connectivity index (χ1v) is 7.43. The van der Waals surface area contributed by atoms with Crippen molar-refractivity contribution in [1.29, 1.82) is 0 Å². The monoisotopic (exact) mass is 246 g/mol. The van der Waals surface area contributed by atoms with E-state index in [4.69, 9.17) is 0 Å². The van der Waals surface area contributed by atoms with Gasteiger partial charge in [-0.1, -0.05) is 50.5 Å². The van der Waals surface area contributed by atoms with Crippen LogP contribution in [0.15, 0.2) is 24.3 Å². The van der Waals surface area contributed by atoms with Gasteiger partial charge in [-0.15, -0.1) is 0 Å². The van der Waals surface area contributed by atoms with Crippen molar-refractivity contribution in [3.05, 3.63) is 35.4 Å². The fourth-order valence-corrected chi connectivity index (χ4v) is 3.28. The van der Waals surface area contributed by atoms with Crippen molar-refractivity contribution in [3.8, 4) is 0 Å². The standard InChI is InChI=1S/C17H26O/c1-3-14-8-6-10-16(11-14)17(18)12-15-9-5-4-7-13(15)2/h4-5,7,9,14,16-18H,3,6,8,10-12H2,1-2H3. The summed E-state index contributed by atoms with van der Waals surface area (Å²) >= 11 is 0. The lowest BCUT2D eigenvalue weighted by Crippen LogP contribution is -2.28. The molecule has 0 aliphatic heterocycles. The topological polar surface area (TPSA) is 20.2 Å². The zero-order valence-electron chi connectivity index (χ0n) is 11.7. The molecular weight excluding hydrogens is 220 g/mol. The Balaban J connectivity index is 1.95. The molecular formula is C17H26O. The van der Waals surface area contributed by atoms with Gasteiger partial charge in [-0.3, -0.25) is 0 Å². The van der Waals surface area contributed by atoms with Gasteiger partial charge in [0.1, 0.15) is 0 Å². The summed E-state index contributed by atoms with van der Waals surface area (Å²) in [5.74, 6) is 1.36. The zero-order valence-corrected chi connectivity index (χ0v) is 11.7. The smallest absolute Gasteiger partial charge is 0.0608 e. The van der Waals surface area contributed by atoms with E-state index in [1.165, 1.54) is 43.2 Å². The van der Waals surface area contributed by atoms with Crippen LogP contribution in [0.1, 0.15) is 50.2 Å². The summed E-state index contributed by atoms with van der Waals surface area (Å²) in [5, 5.41) is 10.5. The number of rotatable bonds is 4. The second-order valence-corrected chi connectivity index (χ2v) is 5.90. The highest BCUT2D eigenvalue weighted by Gasteiger charge is 2.26. The van der Waals surface area contributed by atoms with Crippen LogP contribution in [0, 0.1) is 18.8 Å². The first-order chi connectivity index (χ1) is 8.70. The summed E-state index contributed by atoms with van der Waals surface area (Å²) < 4.78 is 0. The fraction of sp³-hybridized carbons (Fsp3) is 0.647. The largest absolute Gasteiger partial charge is 0.392 e. The minimum Gasteiger partial charge on any atom is -0.392 e. The Morgan fingerprint density at radius 2 is 2.06 bits per heavy atom. The summed E-state index contributed by atoms with van der Waals surface area (Å²) in [6.07, 6.45) is 7.05. The maximum Gasteiger partial charge on any atom is 0.0608 e. The first-order valence-electron chi connectivity index (χ1n) is 7.43. The van der Waals surface area contributed by atoms with E-state index in [0.717, 1.165) is 12.3 Å². The SMILES string of the molecule is CCC1CCCC(C(O)Cc2ccccc2C)C1. The highest BCUT2D eigenvalue weighted by molar-refractivity contribution is 5.26. The number of benzene rings is 1. The van der Waals surface area contributed by atoms with Gasteiger partial charge in [0.05, 0.1) is 6.10 Å². The van der Waals surface area contributed by atoms with Gasteiger partial charge >= 0.3 is 0 Å². The molecule has 1 N–H and O–H groups in total. The average molecular weight is 246 g/mol. The molecule has 0 saturated heterocycles. The lowest BCUT2D eigenvalue weighted by molar-refractivity contribution is 0.0684. The molecule has 0 spiro atoms. The van der Waals surface area contributed by atoms with Crippen LogP contribution in [-0.4, -0.2) is 11.2 Å². The van der Waals surface area contributed by atoms with Gasteiger partial charge in [0.15, 0.2) is 0 Å². The normalized spacial score (nSPS) is 25.9. The van der Waals surface area contributed by atoms with Crippen LogP contribution in [0.5, 0.6) is 0 Å². The van der Waals surface area contributed by atoms with Gasteiger partial charge in [0, 0.05) is 0 Å². The molecule has 3 unspecified atom stereocenters. The maximum atomic E-state index is 10.5. The molecule has 1 aliphatic carbocycles. The van der Waals surface area contributed by atoms with E-state index >= 15 is 0 Å². The predicted octanol–water partition coefficient (Wildman–Crippen LogP) is 4.11. The molecule has 3 atom stereocenters. The van der Waals surface area contributed by atoms with E-state index < -0.39 is 0 Å². The summed E-state index contributed by atoms with van der Waals surface area (Å²) in [5.41, 5.74) is 2.61. The van der Waals surface area contributed by atoms with Gasteiger partial charge in [0.25, 0.3) is 0 Å². The molecule has 1 saturated carbocycles. The Kier molecular flexibility index (Phi) is 4.82. The van der Waals surface area contributed by atoms with Crippen molar-refractivity contribution in [2.45, 2.75) is 58.5 Å². The van der Waals surface area contributed by atoms with Crippen molar-refractivity contribution < 1.29 is 5.11 Å². The summed E-state index contributed by atoms with van der Waals surface area (Å²) in [4.78, 5) is 0. The molecule has 1 heteroatoms. The number of hydrogen-bond donors (Lipinski definition) is 1. The number of aryl methyl sites for hydroxylation is 1. The predicted molar refractivity (Wildman–Crippen MR) is 76.6 cm³/mol. The van der Waals surface area contributed by atoms with Crippen LogP contribution in [0.3, 0.4) is 0 Å². The molecule has 0 aromatic heterocycles. The van der Waals surface area contributed by atoms with Crippen molar-refractivity contribution in [2.75, 3.05) is 0 Å². The Labute approximate surface area is 111 Å². The van der Waals surface area contributed by atoms with Crippen LogP contribution in [-0.2, 0) is 6.42 Å². The number of hydrogen-bond acceptors (Lipinski definition) is 1. The third-order valence-electron chi connectivity index (χ3n) is 4.64. The molecule has 1 aromatic rings. The minimum atomic E-state index is -0.152. The van der Waals surface area contributed by atoms with Gasteiger partial charge in [-0.05, 0) is 49.1 Å². The van der Waals surface area contributed by atoms with E-state index in [2.05, 4.69) is 38.1 Å². The van der Waals surface area contributed by atoms with E-state index in [1.807, 2.05) is 0 Å². The minimum absolute atomic E-state index is 0.152. The highest BCUT2D eigenvalue weighted by Crippen LogP contribution is 2.33. The molecule has 0 heterocycles. The Bertz CT molecular complexity index is 372. The molecule has 1 nitrogen and oxygen atoms in total. The quantitative estimate of drug-likeness (QED) is 0.847. The third-order valence-corrected chi connectivity index (χ3v) is 4.64. The third kappa shape index (κ3) is 3.35. The van der Waals surface area contributed by atoms with Gasteiger partial charge in [-0.2, -0.15) is 0 Å². The summed E-state index contributed by atoms with van der Waals surface area (Å²) in [6, 6.07) is 8.43. The molecule has 1 fully saturated rings. The second-order valence-electron chi connectivity index (χ2n) is 5.90. The van der Waals surface area contributed by atoms with Crippen LogP contribution >= 0.6 is 0 Å². The Hall–Kier alpha value is -0.820. The Morgan fingerprint density at radius 3 is 2.78 bits per heavy atom. The van der Waals surface area contributed by atoms with Crippen molar-refractivity contribution in [2.24, 2.45) is 11.8 Å². The Morgan fingerprint density at radius 1 is 1.28 bits per heavy atom. The van der Waals surface area contributed by atoms with Gasteiger partial charge in [0.2, 0.25) is 0 Å². The molecule has 2 rings (SSSR count). The fourth-order valence-electron chi connectivity index (χ4n) is 3.28. The van der Waals surface area contributed by atoms with E-state index in [-0.39, 0.29) is 6.10 Å². The maximum absolute atomic E-state index is 10.5. The second kappa shape index (κ2) is 6.38. The van der Waals surface area contributed by atoms with Crippen molar-refractivity contribution in [1.82, 2.24) is 0 Å². The number of aliphatic hydroxyl groups is 1. The highest BCUT2D eigenvalue weighted by atomic mass is 16.3. The van der Waals surface area contributed by atoms with Crippen LogP contribution in [0.2, 0.25) is 0 Å². The van der Waals surface area contributed by atoms with Crippen LogP contribution in [0.25, 0.3) is 0 Å². The van der Waals surface area contributed by atoms with Crippen LogP contribution in [0.4, 0.5) is 0 Å². The molecule has 1 aromatic carbocycles. The van der Waals surface area contributed by atoms with Crippen molar-refractivity contribution in [3.63, 3.8) is 0 Å². The molecule has 1 aliphatic rings. The molecule has 100 valence electrons. The molecule has 18 heavy (non-hydrogen) atoms. The molecule has 0 radical (unpaired) electrons. The summed E-state index contributed by atoms with van der Waals surface area (Å²) in [6.45, 7) is 4.42. The van der Waals surface area contributed by atoms with Gasteiger partial charge in [-0.25, -0.2) is 0 Å². The lowest BCUT2D eigenvalue weighted by Gasteiger charge is -2.32. The van der Waals surface area contributed by atoms with Crippen LogP contribution < -0.4 is 0 Å². The lowest BCUT2D eigenvalue weighted by atomic mass is 9.76. The summed E-state index contributed by atoms with van der Waals surface area (Å²) in [7, 11) is 0. The van der Waals surface area contributed by atoms with E-state index in [1.54, 1.807) is 0 Å². The van der Waals surface area contributed by atoms with E-state index in [9.17, 15) is 5.11 Å². The molecule has 0 amide bonds.